The molecule has 0 aromatic heterocycles. The van der Waals surface area contributed by atoms with E-state index < -0.39 is 41.3 Å². The lowest BCUT2D eigenvalue weighted by molar-refractivity contribution is -0.138. The molecule has 1 unspecified atom stereocenters. The van der Waals surface area contributed by atoms with Crippen molar-refractivity contribution in [2.45, 2.75) is 18.4 Å². The zero-order valence-corrected chi connectivity index (χ0v) is 20.6. The molecule has 39 heavy (non-hydrogen) atoms. The van der Waals surface area contributed by atoms with Gasteiger partial charge < -0.3 is 15.4 Å². The van der Waals surface area contributed by atoms with Crippen molar-refractivity contribution in [3.8, 4) is 5.75 Å². The summed E-state index contributed by atoms with van der Waals surface area (Å²) in [5, 5.41) is 6.63. The number of carbonyl (C=O) groups excluding carboxylic acids is 2. The van der Waals surface area contributed by atoms with Crippen molar-refractivity contribution in [1.29, 1.82) is 0 Å². The number of hydrogen-bond donors (Lipinski definition) is 4. The second-order valence-electron chi connectivity index (χ2n) is 8.12. The van der Waals surface area contributed by atoms with Crippen molar-refractivity contribution < 1.29 is 40.7 Å². The molecule has 1 aliphatic heterocycles. The van der Waals surface area contributed by atoms with Gasteiger partial charge in [-0.1, -0.05) is 12.1 Å². The van der Waals surface area contributed by atoms with Gasteiger partial charge in [0.2, 0.25) is 0 Å². The number of methoxy groups -OCH3 is 1. The third-order valence-corrected chi connectivity index (χ3v) is 5.46. The second kappa shape index (κ2) is 12.1. The molecule has 1 atom stereocenters. The van der Waals surface area contributed by atoms with Crippen molar-refractivity contribution in [1.82, 2.24) is 26.6 Å². The highest BCUT2D eigenvalue weighted by Crippen LogP contribution is 2.33. The Bertz CT molecular complexity index is 1240. The Balaban J connectivity index is 1.57. The van der Waals surface area contributed by atoms with Crippen LogP contribution in [0.15, 0.2) is 59.4 Å². The van der Waals surface area contributed by atoms with E-state index in [4.69, 9.17) is 4.74 Å². The van der Waals surface area contributed by atoms with Crippen LogP contribution in [0, 0.1) is 0 Å². The smallest absolute Gasteiger partial charge is 0.416 e. The largest absolute Gasteiger partial charge is 0.496 e. The van der Waals surface area contributed by atoms with E-state index in [2.05, 4.69) is 26.6 Å². The lowest BCUT2D eigenvalue weighted by Crippen LogP contribution is -2.42. The Kier molecular flexibility index (Phi) is 9.06. The van der Waals surface area contributed by atoms with Gasteiger partial charge in [-0.15, -0.1) is 5.53 Å². The first-order valence-electron chi connectivity index (χ1n) is 11.3. The van der Waals surface area contributed by atoms with E-state index in [9.17, 15) is 35.9 Å². The fourth-order valence-corrected chi connectivity index (χ4v) is 3.48. The maximum Gasteiger partial charge on any atom is 0.416 e. The highest BCUT2D eigenvalue weighted by molar-refractivity contribution is 5.97. The minimum atomic E-state index is -4.59. The number of rotatable bonds is 9. The summed E-state index contributed by atoms with van der Waals surface area (Å²) < 4.78 is 82.1. The molecule has 1 heterocycles. The standard InChI is InChI=1S/C24H24F6N6O3/c1-31-12-18(14-3-5-15(6-4-14)23(25,26)27)33-22(38)19-13-36(35-34-19)10-9-32-21(37)17-8-7-16(24(28,29)30)11-20(17)39-2/h3-8,11-13,18,34-35H,9-10H2,1-2H3,(H,32,37)(H,33,38). The number of amides is 2. The predicted molar refractivity (Wildman–Crippen MR) is 128 cm³/mol. The van der Waals surface area contributed by atoms with E-state index in [1.165, 1.54) is 36.6 Å². The number of carbonyl (C=O) groups is 2. The van der Waals surface area contributed by atoms with Gasteiger partial charge in [0.15, 0.2) is 0 Å². The van der Waals surface area contributed by atoms with Crippen LogP contribution in [-0.2, 0) is 17.1 Å². The molecule has 0 saturated heterocycles. The van der Waals surface area contributed by atoms with E-state index in [0.717, 1.165) is 37.4 Å². The number of aliphatic imine (C=N–C) groups is 1. The van der Waals surface area contributed by atoms with Crippen LogP contribution in [0.1, 0.15) is 33.1 Å². The van der Waals surface area contributed by atoms with Gasteiger partial charge in [-0.25, -0.2) is 0 Å². The van der Waals surface area contributed by atoms with Gasteiger partial charge >= 0.3 is 12.4 Å². The van der Waals surface area contributed by atoms with E-state index in [1.807, 2.05) is 0 Å². The number of ether oxygens (including phenoxy) is 1. The molecule has 0 radical (unpaired) electrons. The van der Waals surface area contributed by atoms with Crippen LogP contribution in [0.5, 0.6) is 5.75 Å². The highest BCUT2D eigenvalue weighted by Gasteiger charge is 2.32. The van der Waals surface area contributed by atoms with Crippen LogP contribution >= 0.6 is 0 Å². The number of nitrogens with zero attached hydrogens (tertiary/aromatic N) is 2. The summed E-state index contributed by atoms with van der Waals surface area (Å²) in [5.41, 5.74) is 3.92. The molecule has 4 N–H and O–H groups in total. The Morgan fingerprint density at radius 2 is 1.67 bits per heavy atom. The number of benzene rings is 2. The van der Waals surface area contributed by atoms with Crippen LogP contribution in [0.2, 0.25) is 0 Å². The molecular weight excluding hydrogens is 534 g/mol. The minimum Gasteiger partial charge on any atom is -0.496 e. The Hall–Kier alpha value is -4.27. The Labute approximate surface area is 218 Å². The number of nitrogens with one attached hydrogen (secondary N) is 4. The number of hydrogen-bond acceptors (Lipinski definition) is 7. The van der Waals surface area contributed by atoms with Gasteiger partial charge in [0, 0.05) is 26.0 Å². The molecule has 15 heteroatoms. The molecule has 1 aliphatic rings. The SMILES string of the molecule is CN=CC(NC(=O)C1=CN(CCNC(=O)c2ccc(C(F)(F)F)cc2OC)NN1)c1ccc(C(F)(F)F)cc1. The monoisotopic (exact) mass is 558 g/mol. The van der Waals surface area contributed by atoms with Crippen molar-refractivity contribution >= 4 is 18.0 Å². The van der Waals surface area contributed by atoms with E-state index in [-0.39, 0.29) is 30.1 Å². The van der Waals surface area contributed by atoms with Gasteiger partial charge in [0.1, 0.15) is 11.4 Å². The minimum absolute atomic E-state index is 0.0414. The Morgan fingerprint density at radius 1 is 1.03 bits per heavy atom. The predicted octanol–water partition coefficient (Wildman–Crippen LogP) is 3.19. The lowest BCUT2D eigenvalue weighted by atomic mass is 10.1. The molecule has 2 amide bonds. The summed E-state index contributed by atoms with van der Waals surface area (Å²) in [6.07, 6.45) is -6.32. The first-order chi connectivity index (χ1) is 18.3. The molecular formula is C24H24F6N6O3. The Morgan fingerprint density at radius 3 is 2.26 bits per heavy atom. The lowest BCUT2D eigenvalue weighted by Gasteiger charge is -2.16. The van der Waals surface area contributed by atoms with E-state index in [0.29, 0.717) is 5.56 Å². The molecule has 0 bridgehead atoms. The molecule has 9 nitrogen and oxygen atoms in total. The number of halogens is 6. The third kappa shape index (κ3) is 7.63. The van der Waals surface area contributed by atoms with Crippen molar-refractivity contribution in [2.24, 2.45) is 4.99 Å². The summed E-state index contributed by atoms with van der Waals surface area (Å²) in [5.74, 6) is -1.48. The van der Waals surface area contributed by atoms with Crippen molar-refractivity contribution in [3.63, 3.8) is 0 Å². The third-order valence-electron chi connectivity index (χ3n) is 5.46. The number of alkyl halides is 6. The summed E-state index contributed by atoms with van der Waals surface area (Å²) in [7, 11) is 2.60. The molecule has 2 aromatic carbocycles. The summed E-state index contributed by atoms with van der Waals surface area (Å²) in [4.78, 5) is 29.0. The van der Waals surface area contributed by atoms with Crippen molar-refractivity contribution in [3.05, 3.63) is 76.6 Å². The summed E-state index contributed by atoms with van der Waals surface area (Å²) in [6, 6.07) is 6.01. The van der Waals surface area contributed by atoms with E-state index >= 15 is 0 Å². The van der Waals surface area contributed by atoms with E-state index in [1.54, 1.807) is 0 Å². The molecule has 0 spiro atoms. The summed E-state index contributed by atoms with van der Waals surface area (Å²) in [6.45, 7) is 0.191. The molecule has 3 rings (SSSR count). The quantitative estimate of drug-likeness (QED) is 0.278. The molecule has 210 valence electrons. The topological polar surface area (TPSA) is 107 Å². The fourth-order valence-electron chi connectivity index (χ4n) is 3.48. The van der Waals surface area contributed by atoms with Gasteiger partial charge in [-0.3, -0.25) is 25.0 Å². The fraction of sp³-hybridized carbons (Fsp3) is 0.292. The van der Waals surface area contributed by atoms with Crippen LogP contribution < -0.4 is 26.3 Å². The average molecular weight is 558 g/mol. The first-order valence-corrected chi connectivity index (χ1v) is 11.3. The van der Waals surface area contributed by atoms with Crippen LogP contribution in [0.4, 0.5) is 26.3 Å². The van der Waals surface area contributed by atoms with Gasteiger partial charge in [0.25, 0.3) is 11.8 Å². The van der Waals surface area contributed by atoms with Crippen LogP contribution in [0.3, 0.4) is 0 Å². The number of hydrazine groups is 2. The summed E-state index contributed by atoms with van der Waals surface area (Å²) >= 11 is 0. The normalized spacial score (nSPS) is 14.6. The second-order valence-corrected chi connectivity index (χ2v) is 8.12. The molecule has 0 aliphatic carbocycles. The van der Waals surface area contributed by atoms with Crippen LogP contribution in [-0.4, -0.2) is 50.3 Å². The van der Waals surface area contributed by atoms with Crippen molar-refractivity contribution in [2.75, 3.05) is 27.2 Å². The molecule has 0 fully saturated rings. The average Bonchev–Trinajstić information content (AvgIpc) is 3.36. The first kappa shape index (κ1) is 29.3. The molecule has 2 aromatic rings. The van der Waals surface area contributed by atoms with Gasteiger partial charge in [0.05, 0.1) is 36.4 Å². The van der Waals surface area contributed by atoms with Gasteiger partial charge in [-0.2, -0.15) is 26.3 Å². The zero-order valence-electron chi connectivity index (χ0n) is 20.6. The molecule has 0 saturated carbocycles. The maximum atomic E-state index is 12.9. The van der Waals surface area contributed by atoms with Crippen LogP contribution in [0.25, 0.3) is 0 Å². The highest BCUT2D eigenvalue weighted by atomic mass is 19.4. The zero-order chi connectivity index (χ0) is 28.8. The van der Waals surface area contributed by atoms with Gasteiger partial charge in [-0.05, 0) is 35.9 Å². The maximum absolute atomic E-state index is 12.9.